The number of ether oxygens (including phenoxy) is 2. The summed E-state index contributed by atoms with van der Waals surface area (Å²) in [5.41, 5.74) is 0.352. The number of amides is 1. The van der Waals surface area contributed by atoms with Gasteiger partial charge in [-0.15, -0.1) is 0 Å². The summed E-state index contributed by atoms with van der Waals surface area (Å²) in [4.78, 5) is 39.7. The first-order valence-electron chi connectivity index (χ1n) is 8.16. The zero-order valence-electron chi connectivity index (χ0n) is 15.3. The molecular formula is C19H14F2N2O5S. The third-order valence-electron chi connectivity index (χ3n) is 3.96. The van der Waals surface area contributed by atoms with Crippen molar-refractivity contribution >= 4 is 39.4 Å². The minimum atomic E-state index is -0.892. The topological polar surface area (TPSA) is 87.0 Å². The van der Waals surface area contributed by atoms with Gasteiger partial charge in [-0.2, -0.15) is 4.99 Å². The lowest BCUT2D eigenvalue weighted by Crippen LogP contribution is -2.23. The molecule has 29 heavy (non-hydrogen) atoms. The van der Waals surface area contributed by atoms with Crippen LogP contribution >= 0.6 is 11.3 Å². The highest BCUT2D eigenvalue weighted by atomic mass is 32.1. The highest BCUT2D eigenvalue weighted by Gasteiger charge is 2.17. The summed E-state index contributed by atoms with van der Waals surface area (Å²) in [5, 5.41) is 0. The average molecular weight is 420 g/mol. The molecule has 1 aromatic heterocycles. The third-order valence-corrected chi connectivity index (χ3v) is 4.99. The molecule has 0 atom stereocenters. The number of aromatic nitrogens is 1. The molecule has 1 heterocycles. The number of hydrogen-bond acceptors (Lipinski definition) is 6. The van der Waals surface area contributed by atoms with Crippen LogP contribution in [0.2, 0.25) is 0 Å². The Hall–Kier alpha value is -3.40. The van der Waals surface area contributed by atoms with Gasteiger partial charge in [0.2, 0.25) is 0 Å². The second kappa shape index (κ2) is 8.31. The summed E-state index contributed by atoms with van der Waals surface area (Å²) in [5.74, 6) is -3.62. The molecule has 0 bridgehead atoms. The molecule has 1 amide bonds. The lowest BCUT2D eigenvalue weighted by atomic mass is 10.1. The molecule has 0 aliphatic carbocycles. The first kappa shape index (κ1) is 20.3. The predicted molar refractivity (Wildman–Crippen MR) is 99.4 cm³/mol. The van der Waals surface area contributed by atoms with Gasteiger partial charge in [-0.1, -0.05) is 11.3 Å². The van der Waals surface area contributed by atoms with E-state index in [1.54, 1.807) is 0 Å². The van der Waals surface area contributed by atoms with Gasteiger partial charge in [0.1, 0.15) is 12.4 Å². The molecule has 0 N–H and O–H groups in total. The monoisotopic (exact) mass is 420 g/mol. The minimum Gasteiger partial charge on any atom is -0.468 e. The van der Waals surface area contributed by atoms with Crippen LogP contribution in [0.1, 0.15) is 20.7 Å². The summed E-state index contributed by atoms with van der Waals surface area (Å²) in [7, 11) is 2.40. The number of benzene rings is 2. The van der Waals surface area contributed by atoms with Crippen molar-refractivity contribution in [2.24, 2.45) is 4.99 Å². The lowest BCUT2D eigenvalue weighted by molar-refractivity contribution is -0.141. The van der Waals surface area contributed by atoms with Gasteiger partial charge in [0.25, 0.3) is 5.91 Å². The van der Waals surface area contributed by atoms with Gasteiger partial charge >= 0.3 is 11.9 Å². The molecule has 150 valence electrons. The lowest BCUT2D eigenvalue weighted by Gasteiger charge is -2.04. The number of thiazole rings is 1. The van der Waals surface area contributed by atoms with Crippen molar-refractivity contribution in [1.82, 2.24) is 4.57 Å². The molecule has 0 saturated carbocycles. The van der Waals surface area contributed by atoms with E-state index in [0.717, 1.165) is 29.1 Å². The van der Waals surface area contributed by atoms with Crippen molar-refractivity contribution in [3.63, 3.8) is 0 Å². The maximum Gasteiger partial charge on any atom is 0.337 e. The van der Waals surface area contributed by atoms with E-state index >= 15 is 0 Å². The van der Waals surface area contributed by atoms with Crippen molar-refractivity contribution in [3.05, 3.63) is 64.0 Å². The number of nitrogens with zero attached hydrogens (tertiary/aromatic N) is 2. The SMILES string of the molecule is COC(=O)Cn1c(=NC(=O)c2ccc(C(=O)OC)cc2)sc2cc(F)cc(F)c21. The second-order valence-electron chi connectivity index (χ2n) is 5.77. The van der Waals surface area contributed by atoms with Gasteiger partial charge < -0.3 is 14.0 Å². The summed E-state index contributed by atoms with van der Waals surface area (Å²) in [6, 6.07) is 7.34. The molecule has 0 saturated heterocycles. The van der Waals surface area contributed by atoms with Crippen molar-refractivity contribution in [3.8, 4) is 0 Å². The van der Waals surface area contributed by atoms with E-state index in [0.29, 0.717) is 6.07 Å². The van der Waals surface area contributed by atoms with Crippen molar-refractivity contribution in [2.45, 2.75) is 6.54 Å². The molecule has 0 radical (unpaired) electrons. The summed E-state index contributed by atoms with van der Waals surface area (Å²) in [6.07, 6.45) is 0. The Balaban J connectivity index is 2.09. The second-order valence-corrected chi connectivity index (χ2v) is 6.78. The fourth-order valence-corrected chi connectivity index (χ4v) is 3.64. The summed E-state index contributed by atoms with van der Waals surface area (Å²) < 4.78 is 38.4. The number of methoxy groups -OCH3 is 2. The first-order valence-corrected chi connectivity index (χ1v) is 8.98. The number of rotatable bonds is 4. The Morgan fingerprint density at radius 1 is 1.03 bits per heavy atom. The van der Waals surface area contributed by atoms with Crippen molar-refractivity contribution in [2.75, 3.05) is 14.2 Å². The van der Waals surface area contributed by atoms with Crippen molar-refractivity contribution < 1.29 is 32.6 Å². The van der Waals surface area contributed by atoms with E-state index in [1.165, 1.54) is 31.4 Å². The average Bonchev–Trinajstić information content (AvgIpc) is 3.03. The van der Waals surface area contributed by atoms with Gasteiger partial charge in [-0.3, -0.25) is 9.59 Å². The van der Waals surface area contributed by atoms with Gasteiger partial charge in [-0.25, -0.2) is 13.6 Å². The Morgan fingerprint density at radius 3 is 2.31 bits per heavy atom. The molecule has 2 aromatic carbocycles. The zero-order chi connectivity index (χ0) is 21.1. The van der Waals surface area contributed by atoms with Crippen molar-refractivity contribution in [1.29, 1.82) is 0 Å². The van der Waals surface area contributed by atoms with E-state index < -0.39 is 36.0 Å². The number of carbonyl (C=O) groups excluding carboxylic acids is 3. The molecule has 3 aromatic rings. The Morgan fingerprint density at radius 2 is 1.69 bits per heavy atom. The van der Waals surface area contributed by atoms with Crippen LogP contribution in [-0.2, 0) is 20.8 Å². The number of fused-ring (bicyclic) bond motifs is 1. The molecule has 0 aliphatic heterocycles. The summed E-state index contributed by atoms with van der Waals surface area (Å²) >= 11 is 0.853. The Labute approximate surface area is 166 Å². The predicted octanol–water partition coefficient (Wildman–Crippen LogP) is 2.68. The fraction of sp³-hybridized carbons (Fsp3) is 0.158. The largest absolute Gasteiger partial charge is 0.468 e. The minimum absolute atomic E-state index is 0.00283. The smallest absolute Gasteiger partial charge is 0.337 e. The number of carbonyl (C=O) groups is 3. The maximum atomic E-state index is 14.3. The summed E-state index contributed by atoms with van der Waals surface area (Å²) in [6.45, 7) is -0.410. The van der Waals surface area contributed by atoms with E-state index in [9.17, 15) is 23.2 Å². The third kappa shape index (κ3) is 4.21. The van der Waals surface area contributed by atoms with Crippen LogP contribution in [-0.4, -0.2) is 36.6 Å². The van der Waals surface area contributed by atoms with Gasteiger partial charge in [0, 0.05) is 11.6 Å². The quantitative estimate of drug-likeness (QED) is 0.606. The number of halogens is 2. The Bertz CT molecular complexity index is 1180. The Kier molecular flexibility index (Phi) is 5.83. The van der Waals surface area contributed by atoms with Crippen LogP contribution in [0.25, 0.3) is 10.2 Å². The van der Waals surface area contributed by atoms with E-state index in [4.69, 9.17) is 0 Å². The van der Waals surface area contributed by atoms with Gasteiger partial charge in [-0.05, 0) is 30.3 Å². The standard InChI is InChI=1S/C19H14F2N2O5S/c1-27-15(24)9-23-16-13(21)7-12(20)8-14(16)29-19(23)22-17(25)10-3-5-11(6-4-10)18(26)28-2/h3-8H,9H2,1-2H3. The molecule has 0 spiro atoms. The number of esters is 2. The molecular weight excluding hydrogens is 406 g/mol. The highest BCUT2D eigenvalue weighted by molar-refractivity contribution is 7.16. The van der Waals surface area contributed by atoms with Gasteiger partial charge in [0.15, 0.2) is 10.6 Å². The van der Waals surface area contributed by atoms with E-state index in [-0.39, 0.29) is 26.1 Å². The van der Waals surface area contributed by atoms with Crippen LogP contribution in [0.4, 0.5) is 8.78 Å². The molecule has 0 unspecified atom stereocenters. The fourth-order valence-electron chi connectivity index (χ4n) is 2.57. The molecule has 10 heteroatoms. The van der Waals surface area contributed by atoms with E-state index in [1.807, 2.05) is 0 Å². The molecule has 0 aliphatic rings. The van der Waals surface area contributed by atoms with Gasteiger partial charge in [0.05, 0.1) is 30.0 Å². The maximum absolute atomic E-state index is 14.3. The highest BCUT2D eigenvalue weighted by Crippen LogP contribution is 2.22. The molecule has 0 fully saturated rings. The zero-order valence-corrected chi connectivity index (χ0v) is 16.1. The van der Waals surface area contributed by atoms with Crippen LogP contribution < -0.4 is 4.80 Å². The van der Waals surface area contributed by atoms with Crippen LogP contribution in [0.15, 0.2) is 41.4 Å². The van der Waals surface area contributed by atoms with Crippen LogP contribution in [0.3, 0.4) is 0 Å². The van der Waals surface area contributed by atoms with Crippen LogP contribution in [0, 0.1) is 11.6 Å². The first-order chi connectivity index (χ1) is 13.8. The number of hydrogen-bond donors (Lipinski definition) is 0. The molecule has 3 rings (SSSR count). The van der Waals surface area contributed by atoms with Crippen LogP contribution in [0.5, 0.6) is 0 Å². The normalized spacial score (nSPS) is 11.5. The van der Waals surface area contributed by atoms with E-state index in [2.05, 4.69) is 14.5 Å². The molecule has 7 nitrogen and oxygen atoms in total.